The van der Waals surface area contributed by atoms with E-state index in [2.05, 4.69) is 10.6 Å². The van der Waals surface area contributed by atoms with Crippen LogP contribution in [0.15, 0.2) is 36.4 Å². The van der Waals surface area contributed by atoms with E-state index in [0.29, 0.717) is 12.6 Å². The molecule has 0 spiro atoms. The molecular formula is C19H17F2N3O3. The minimum absolute atomic E-state index is 0.126. The number of hydrogen-bond donors (Lipinski definition) is 2. The summed E-state index contributed by atoms with van der Waals surface area (Å²) in [4.78, 5) is 38.0. The number of carbonyl (C=O) groups excluding carboxylic acids is 3. The molecule has 3 rings (SSSR count). The largest absolute Gasteiger partial charge is 0.323 e. The van der Waals surface area contributed by atoms with Crippen molar-refractivity contribution in [2.75, 3.05) is 17.2 Å². The minimum atomic E-state index is -0.913. The first-order valence-electron chi connectivity index (χ1n) is 8.29. The Morgan fingerprint density at radius 1 is 1.00 bits per heavy atom. The fourth-order valence-electron chi connectivity index (χ4n) is 2.77. The van der Waals surface area contributed by atoms with Gasteiger partial charge >= 0.3 is 6.03 Å². The summed E-state index contributed by atoms with van der Waals surface area (Å²) in [5.74, 6) is -2.33. The number of fused-ring (bicyclic) bond motifs is 1. The van der Waals surface area contributed by atoms with Crippen LogP contribution in [0.25, 0.3) is 0 Å². The third kappa shape index (κ3) is 3.79. The number of imide groups is 1. The Morgan fingerprint density at radius 2 is 1.70 bits per heavy atom. The molecule has 0 aliphatic carbocycles. The normalized spacial score (nSPS) is 13.1. The zero-order valence-corrected chi connectivity index (χ0v) is 14.7. The molecule has 0 fully saturated rings. The van der Waals surface area contributed by atoms with Gasteiger partial charge in [0.15, 0.2) is 0 Å². The summed E-state index contributed by atoms with van der Waals surface area (Å²) >= 11 is 0. The van der Waals surface area contributed by atoms with E-state index in [9.17, 15) is 23.2 Å². The third-order valence-electron chi connectivity index (χ3n) is 3.96. The number of urea groups is 1. The lowest BCUT2D eigenvalue weighted by Gasteiger charge is -2.15. The van der Waals surface area contributed by atoms with Crippen LogP contribution in [-0.4, -0.2) is 29.3 Å². The van der Waals surface area contributed by atoms with Gasteiger partial charge in [0, 0.05) is 18.3 Å². The third-order valence-corrected chi connectivity index (χ3v) is 3.96. The number of halogens is 2. The number of amides is 4. The molecular weight excluding hydrogens is 356 g/mol. The summed E-state index contributed by atoms with van der Waals surface area (Å²) in [7, 11) is 0. The summed E-state index contributed by atoms with van der Waals surface area (Å²) in [6.45, 7) is 4.10. The van der Waals surface area contributed by atoms with Gasteiger partial charge in [-0.3, -0.25) is 14.5 Å². The maximum absolute atomic E-state index is 13.6. The van der Waals surface area contributed by atoms with Gasteiger partial charge in [-0.2, -0.15) is 0 Å². The van der Waals surface area contributed by atoms with Crippen LogP contribution < -0.4 is 10.6 Å². The Morgan fingerprint density at radius 3 is 2.37 bits per heavy atom. The zero-order chi connectivity index (χ0) is 19.7. The Bertz CT molecular complexity index is 944. The molecule has 0 radical (unpaired) electrons. The van der Waals surface area contributed by atoms with E-state index < -0.39 is 23.6 Å². The molecule has 2 aromatic rings. The highest BCUT2D eigenvalue weighted by molar-refractivity contribution is 6.22. The van der Waals surface area contributed by atoms with Gasteiger partial charge in [-0.15, -0.1) is 0 Å². The van der Waals surface area contributed by atoms with E-state index in [-0.39, 0.29) is 34.3 Å². The predicted molar refractivity (Wildman–Crippen MR) is 95.6 cm³/mol. The second-order valence-electron chi connectivity index (χ2n) is 6.58. The summed E-state index contributed by atoms with van der Waals surface area (Å²) in [5, 5.41) is 4.71. The molecule has 2 aromatic carbocycles. The van der Waals surface area contributed by atoms with Crippen molar-refractivity contribution in [1.29, 1.82) is 0 Å². The van der Waals surface area contributed by atoms with Crippen LogP contribution in [-0.2, 0) is 0 Å². The standard InChI is InChI=1S/C19H17F2N3O3/c1-10(2)9-24-17(25)13-5-4-12(8-14(13)18(24)26)22-19(27)23-16-6-3-11(20)7-15(16)21/h3-8,10H,9H2,1-2H3,(H2,22,23,27). The monoisotopic (exact) mass is 373 g/mol. The van der Waals surface area contributed by atoms with Crippen LogP contribution in [0.2, 0.25) is 0 Å². The molecule has 1 aliphatic rings. The maximum Gasteiger partial charge on any atom is 0.323 e. The molecule has 8 heteroatoms. The molecule has 1 aliphatic heterocycles. The van der Waals surface area contributed by atoms with Crippen molar-refractivity contribution in [2.24, 2.45) is 5.92 Å². The molecule has 0 unspecified atom stereocenters. The lowest BCUT2D eigenvalue weighted by atomic mass is 10.1. The summed E-state index contributed by atoms with van der Waals surface area (Å²) < 4.78 is 26.5. The highest BCUT2D eigenvalue weighted by atomic mass is 19.1. The minimum Gasteiger partial charge on any atom is -0.308 e. The van der Waals surface area contributed by atoms with Crippen molar-refractivity contribution < 1.29 is 23.2 Å². The van der Waals surface area contributed by atoms with Crippen molar-refractivity contribution in [2.45, 2.75) is 13.8 Å². The van der Waals surface area contributed by atoms with E-state index >= 15 is 0 Å². The molecule has 1 heterocycles. The molecule has 0 saturated carbocycles. The smallest absolute Gasteiger partial charge is 0.308 e. The van der Waals surface area contributed by atoms with Gasteiger partial charge in [-0.25, -0.2) is 13.6 Å². The number of carbonyl (C=O) groups is 3. The molecule has 0 aromatic heterocycles. The van der Waals surface area contributed by atoms with Crippen LogP contribution in [0.3, 0.4) is 0 Å². The number of nitrogens with zero attached hydrogens (tertiary/aromatic N) is 1. The molecule has 0 saturated heterocycles. The van der Waals surface area contributed by atoms with Crippen molar-refractivity contribution in [3.63, 3.8) is 0 Å². The zero-order valence-electron chi connectivity index (χ0n) is 14.7. The summed E-state index contributed by atoms with van der Waals surface area (Å²) in [6.07, 6.45) is 0. The highest BCUT2D eigenvalue weighted by Crippen LogP contribution is 2.26. The fourth-order valence-corrected chi connectivity index (χ4v) is 2.77. The van der Waals surface area contributed by atoms with Gasteiger partial charge in [0.2, 0.25) is 0 Å². The van der Waals surface area contributed by atoms with E-state index in [0.717, 1.165) is 12.1 Å². The summed E-state index contributed by atoms with van der Waals surface area (Å²) in [5.41, 5.74) is 0.549. The first kappa shape index (κ1) is 18.5. The lowest BCUT2D eigenvalue weighted by Crippen LogP contribution is -2.33. The van der Waals surface area contributed by atoms with Gasteiger partial charge in [0.05, 0.1) is 16.8 Å². The number of rotatable bonds is 4. The van der Waals surface area contributed by atoms with Crippen molar-refractivity contribution in [3.05, 3.63) is 59.2 Å². The first-order valence-corrected chi connectivity index (χ1v) is 8.29. The van der Waals surface area contributed by atoms with Crippen LogP contribution >= 0.6 is 0 Å². The number of anilines is 2. The molecule has 2 N–H and O–H groups in total. The quantitative estimate of drug-likeness (QED) is 0.799. The van der Waals surface area contributed by atoms with Crippen LogP contribution in [0.4, 0.5) is 25.0 Å². The van der Waals surface area contributed by atoms with Gasteiger partial charge in [-0.05, 0) is 36.2 Å². The summed E-state index contributed by atoms with van der Waals surface area (Å²) in [6, 6.07) is 6.33. The highest BCUT2D eigenvalue weighted by Gasteiger charge is 2.35. The SMILES string of the molecule is CC(C)CN1C(=O)c2ccc(NC(=O)Nc3ccc(F)cc3F)cc2C1=O. The van der Waals surface area contributed by atoms with Gasteiger partial charge < -0.3 is 10.6 Å². The average Bonchev–Trinajstić information content (AvgIpc) is 2.82. The Kier molecular flexibility index (Phi) is 4.89. The van der Waals surface area contributed by atoms with E-state index in [1.807, 2.05) is 13.8 Å². The topological polar surface area (TPSA) is 78.5 Å². The molecule has 140 valence electrons. The second-order valence-corrected chi connectivity index (χ2v) is 6.58. The number of hydrogen-bond acceptors (Lipinski definition) is 3. The number of benzene rings is 2. The van der Waals surface area contributed by atoms with E-state index in [4.69, 9.17) is 0 Å². The molecule has 6 nitrogen and oxygen atoms in total. The van der Waals surface area contributed by atoms with Crippen molar-refractivity contribution in [1.82, 2.24) is 4.90 Å². The van der Waals surface area contributed by atoms with Crippen LogP contribution in [0.5, 0.6) is 0 Å². The van der Waals surface area contributed by atoms with Gasteiger partial charge in [-0.1, -0.05) is 13.8 Å². The van der Waals surface area contributed by atoms with Gasteiger partial charge in [0.1, 0.15) is 11.6 Å². The fraction of sp³-hybridized carbons (Fsp3) is 0.211. The maximum atomic E-state index is 13.6. The van der Waals surface area contributed by atoms with E-state index in [1.165, 1.54) is 23.1 Å². The van der Waals surface area contributed by atoms with Crippen molar-refractivity contribution >= 4 is 29.2 Å². The second kappa shape index (κ2) is 7.14. The average molecular weight is 373 g/mol. The van der Waals surface area contributed by atoms with Crippen LogP contribution in [0, 0.1) is 17.6 Å². The van der Waals surface area contributed by atoms with E-state index in [1.54, 1.807) is 0 Å². The first-order chi connectivity index (χ1) is 12.8. The molecule has 0 bridgehead atoms. The molecule has 27 heavy (non-hydrogen) atoms. The lowest BCUT2D eigenvalue weighted by molar-refractivity contribution is 0.0636. The predicted octanol–water partition coefficient (Wildman–Crippen LogP) is 3.86. The van der Waals surface area contributed by atoms with Crippen LogP contribution in [0.1, 0.15) is 34.6 Å². The Hall–Kier alpha value is -3.29. The molecule has 4 amide bonds. The van der Waals surface area contributed by atoms with Crippen molar-refractivity contribution in [3.8, 4) is 0 Å². The Labute approximate surface area is 154 Å². The van der Waals surface area contributed by atoms with Gasteiger partial charge in [0.25, 0.3) is 11.8 Å². The number of nitrogens with one attached hydrogen (secondary N) is 2. The Balaban J connectivity index is 1.75. The molecule has 0 atom stereocenters.